The van der Waals surface area contributed by atoms with Crippen LogP contribution in [-0.2, 0) is 0 Å². The van der Waals surface area contributed by atoms with Crippen molar-refractivity contribution in [3.8, 4) is 5.75 Å². The summed E-state index contributed by atoms with van der Waals surface area (Å²) in [5.74, 6) is -0.457. The fourth-order valence-electron chi connectivity index (χ4n) is 1.49. The molecule has 1 unspecified atom stereocenters. The first-order valence-corrected chi connectivity index (χ1v) is 5.91. The van der Waals surface area contributed by atoms with E-state index in [1.165, 1.54) is 18.2 Å². The Morgan fingerprint density at radius 2 is 2.26 bits per heavy atom. The van der Waals surface area contributed by atoms with Crippen molar-refractivity contribution in [1.29, 1.82) is 0 Å². The van der Waals surface area contributed by atoms with Crippen LogP contribution >= 0.6 is 0 Å². The highest BCUT2D eigenvalue weighted by Crippen LogP contribution is 2.30. The molecule has 0 spiro atoms. The molecule has 0 aliphatic carbocycles. The van der Waals surface area contributed by atoms with Crippen LogP contribution < -0.4 is 15.8 Å². The van der Waals surface area contributed by atoms with Crippen LogP contribution in [0.5, 0.6) is 5.75 Å². The number of nitro groups is 1. The van der Waals surface area contributed by atoms with Crippen LogP contribution in [0.2, 0.25) is 0 Å². The van der Waals surface area contributed by atoms with Crippen molar-refractivity contribution in [2.45, 2.75) is 19.9 Å². The van der Waals surface area contributed by atoms with Crippen molar-refractivity contribution in [3.63, 3.8) is 0 Å². The van der Waals surface area contributed by atoms with Gasteiger partial charge < -0.3 is 15.8 Å². The fourth-order valence-corrected chi connectivity index (χ4v) is 1.49. The van der Waals surface area contributed by atoms with Gasteiger partial charge in [0.1, 0.15) is 0 Å². The van der Waals surface area contributed by atoms with Gasteiger partial charge in [0.15, 0.2) is 0 Å². The molecule has 1 atom stereocenters. The number of rotatable bonds is 6. The monoisotopic (exact) mass is 267 g/mol. The molecule has 1 amide bonds. The van der Waals surface area contributed by atoms with Crippen molar-refractivity contribution in [1.82, 2.24) is 5.32 Å². The first-order valence-electron chi connectivity index (χ1n) is 5.91. The van der Waals surface area contributed by atoms with Gasteiger partial charge in [0, 0.05) is 18.7 Å². The van der Waals surface area contributed by atoms with Gasteiger partial charge in [-0.05, 0) is 19.9 Å². The second-order valence-corrected chi connectivity index (χ2v) is 4.03. The summed E-state index contributed by atoms with van der Waals surface area (Å²) in [6.07, 6.45) is 0. The third kappa shape index (κ3) is 3.92. The average Bonchev–Trinajstić information content (AvgIpc) is 2.36. The van der Waals surface area contributed by atoms with Gasteiger partial charge >= 0.3 is 5.69 Å². The molecule has 3 N–H and O–H groups in total. The van der Waals surface area contributed by atoms with Crippen LogP contribution in [0, 0.1) is 10.1 Å². The number of amides is 1. The number of hydrogen-bond acceptors (Lipinski definition) is 5. The van der Waals surface area contributed by atoms with E-state index in [2.05, 4.69) is 5.32 Å². The lowest BCUT2D eigenvalue weighted by molar-refractivity contribution is -0.385. The van der Waals surface area contributed by atoms with Gasteiger partial charge in [-0.2, -0.15) is 0 Å². The molecule has 1 rings (SSSR count). The second kappa shape index (κ2) is 6.69. The Bertz CT molecular complexity index is 474. The van der Waals surface area contributed by atoms with Crippen molar-refractivity contribution in [2.75, 3.05) is 13.2 Å². The molecule has 0 saturated heterocycles. The molecule has 1 aromatic rings. The van der Waals surface area contributed by atoms with Crippen molar-refractivity contribution < 1.29 is 14.5 Å². The minimum Gasteiger partial charge on any atom is -0.487 e. The molecule has 7 nitrogen and oxygen atoms in total. The second-order valence-electron chi connectivity index (χ2n) is 4.03. The van der Waals surface area contributed by atoms with Crippen LogP contribution in [-0.4, -0.2) is 30.0 Å². The summed E-state index contributed by atoms with van der Waals surface area (Å²) in [4.78, 5) is 22.3. The van der Waals surface area contributed by atoms with E-state index in [1.54, 1.807) is 13.8 Å². The summed E-state index contributed by atoms with van der Waals surface area (Å²) in [5, 5.41) is 13.5. The first-order chi connectivity index (χ1) is 8.97. The largest absolute Gasteiger partial charge is 0.487 e. The Kier molecular flexibility index (Phi) is 5.25. The van der Waals surface area contributed by atoms with Crippen LogP contribution in [0.4, 0.5) is 5.69 Å². The zero-order valence-corrected chi connectivity index (χ0v) is 10.9. The van der Waals surface area contributed by atoms with E-state index in [1.807, 2.05) is 0 Å². The van der Waals surface area contributed by atoms with Gasteiger partial charge in [-0.15, -0.1) is 0 Å². The standard InChI is InChI=1S/C12H17N3O4/c1-3-19-11-9(12(16)14-7-8(2)13)5-4-6-10(11)15(17)18/h4-6,8H,3,7,13H2,1-2H3,(H,14,16). The maximum atomic E-state index is 12.0. The summed E-state index contributed by atoms with van der Waals surface area (Å²) >= 11 is 0. The molecule has 0 aliphatic heterocycles. The highest BCUT2D eigenvalue weighted by atomic mass is 16.6. The SMILES string of the molecule is CCOc1c(C(=O)NCC(C)N)cccc1[N+](=O)[O-]. The van der Waals surface area contributed by atoms with Gasteiger partial charge in [0.05, 0.1) is 17.1 Å². The number of nitrogens with one attached hydrogen (secondary N) is 1. The zero-order chi connectivity index (χ0) is 14.4. The third-order valence-corrected chi connectivity index (χ3v) is 2.31. The molecule has 0 saturated carbocycles. The summed E-state index contributed by atoms with van der Waals surface area (Å²) in [7, 11) is 0. The van der Waals surface area contributed by atoms with Gasteiger partial charge in [-0.3, -0.25) is 14.9 Å². The van der Waals surface area contributed by atoms with Crippen LogP contribution in [0.3, 0.4) is 0 Å². The van der Waals surface area contributed by atoms with Crippen LogP contribution in [0.1, 0.15) is 24.2 Å². The first kappa shape index (κ1) is 14.9. The Labute approximate surface area is 110 Å². The molecule has 0 aliphatic rings. The lowest BCUT2D eigenvalue weighted by atomic mass is 10.1. The van der Waals surface area contributed by atoms with Gasteiger partial charge in [0.25, 0.3) is 5.91 Å². The summed E-state index contributed by atoms with van der Waals surface area (Å²) < 4.78 is 5.22. The molecule has 0 radical (unpaired) electrons. The predicted molar refractivity (Wildman–Crippen MR) is 70.2 cm³/mol. The van der Waals surface area contributed by atoms with Gasteiger partial charge in [-0.25, -0.2) is 0 Å². The maximum absolute atomic E-state index is 12.0. The molecular formula is C12H17N3O4. The van der Waals surface area contributed by atoms with Gasteiger partial charge in [-0.1, -0.05) is 6.07 Å². The van der Waals surface area contributed by atoms with E-state index in [-0.39, 0.29) is 36.2 Å². The summed E-state index contributed by atoms with van der Waals surface area (Å²) in [6, 6.07) is 4.03. The van der Waals surface area contributed by atoms with Crippen molar-refractivity contribution in [3.05, 3.63) is 33.9 Å². The topological polar surface area (TPSA) is 107 Å². The molecule has 0 aromatic heterocycles. The normalized spacial score (nSPS) is 11.7. The zero-order valence-electron chi connectivity index (χ0n) is 10.9. The van der Waals surface area contributed by atoms with E-state index in [9.17, 15) is 14.9 Å². The smallest absolute Gasteiger partial charge is 0.311 e. The Balaban J connectivity index is 3.08. The lowest BCUT2D eigenvalue weighted by Gasteiger charge is -2.11. The highest BCUT2D eigenvalue weighted by Gasteiger charge is 2.22. The Morgan fingerprint density at radius 3 is 2.79 bits per heavy atom. The van der Waals surface area contributed by atoms with Crippen LogP contribution in [0.25, 0.3) is 0 Å². The highest BCUT2D eigenvalue weighted by molar-refractivity contribution is 5.98. The Hall–Kier alpha value is -2.15. The summed E-state index contributed by atoms with van der Waals surface area (Å²) in [5.41, 5.74) is 5.45. The summed E-state index contributed by atoms with van der Waals surface area (Å²) in [6.45, 7) is 3.96. The number of para-hydroxylation sites is 1. The quantitative estimate of drug-likeness (QED) is 0.592. The fraction of sp³-hybridized carbons (Fsp3) is 0.417. The maximum Gasteiger partial charge on any atom is 0.311 e. The van der Waals surface area contributed by atoms with E-state index in [4.69, 9.17) is 10.5 Å². The van der Waals surface area contributed by atoms with Crippen molar-refractivity contribution in [2.24, 2.45) is 5.73 Å². The number of ether oxygens (including phenoxy) is 1. The number of hydrogen-bond donors (Lipinski definition) is 2. The molecular weight excluding hydrogens is 250 g/mol. The molecule has 0 heterocycles. The minimum atomic E-state index is -0.576. The molecule has 7 heteroatoms. The molecule has 0 bridgehead atoms. The number of carbonyl (C=O) groups is 1. The van der Waals surface area contributed by atoms with Crippen LogP contribution in [0.15, 0.2) is 18.2 Å². The molecule has 19 heavy (non-hydrogen) atoms. The number of nitro benzene ring substituents is 1. The molecule has 1 aromatic carbocycles. The number of nitrogens with zero attached hydrogens (tertiary/aromatic N) is 1. The molecule has 0 fully saturated rings. The van der Waals surface area contributed by atoms with Crippen molar-refractivity contribution >= 4 is 11.6 Å². The minimum absolute atomic E-state index is 0.0165. The lowest BCUT2D eigenvalue weighted by Crippen LogP contribution is -2.35. The molecule has 104 valence electrons. The van der Waals surface area contributed by atoms with E-state index in [0.29, 0.717) is 0 Å². The number of nitrogens with two attached hydrogens (primary N) is 1. The number of carbonyl (C=O) groups excluding carboxylic acids is 1. The Morgan fingerprint density at radius 1 is 1.58 bits per heavy atom. The van der Waals surface area contributed by atoms with E-state index >= 15 is 0 Å². The van der Waals surface area contributed by atoms with Gasteiger partial charge in [0.2, 0.25) is 5.75 Å². The third-order valence-electron chi connectivity index (χ3n) is 2.31. The average molecular weight is 267 g/mol. The number of benzene rings is 1. The van der Waals surface area contributed by atoms with E-state index < -0.39 is 10.8 Å². The van der Waals surface area contributed by atoms with E-state index in [0.717, 1.165) is 0 Å². The predicted octanol–water partition coefficient (Wildman–Crippen LogP) is 1.07.